The van der Waals surface area contributed by atoms with Crippen molar-refractivity contribution < 1.29 is 4.92 Å². The summed E-state index contributed by atoms with van der Waals surface area (Å²) >= 11 is 0. The molecule has 0 unspecified atom stereocenters. The second kappa shape index (κ2) is 11.8. The second-order valence-corrected chi connectivity index (χ2v) is 3.71. The summed E-state index contributed by atoms with van der Waals surface area (Å²) in [4.78, 5) is 9.45. The van der Waals surface area contributed by atoms with E-state index in [-0.39, 0.29) is 0 Å². The van der Waals surface area contributed by atoms with E-state index in [1.54, 1.807) is 12.3 Å². The van der Waals surface area contributed by atoms with Gasteiger partial charge in [-0.2, -0.15) is 0 Å². The lowest BCUT2D eigenvalue weighted by Crippen LogP contribution is -2.06. The maximum Gasteiger partial charge on any atom is 0.234 e. The summed E-state index contributed by atoms with van der Waals surface area (Å²) in [5.41, 5.74) is 0. The molecule has 16 heavy (non-hydrogen) atoms. The van der Waals surface area contributed by atoms with Crippen LogP contribution in [0.4, 0.5) is 0 Å². The van der Waals surface area contributed by atoms with Crippen LogP contribution in [0.3, 0.4) is 0 Å². The summed E-state index contributed by atoms with van der Waals surface area (Å²) in [6.45, 7) is 3.15. The van der Waals surface area contributed by atoms with Crippen molar-refractivity contribution in [3.05, 3.63) is 34.7 Å². The van der Waals surface area contributed by atoms with E-state index in [1.807, 2.05) is 0 Å². The van der Waals surface area contributed by atoms with Crippen molar-refractivity contribution >= 4 is 0 Å². The lowest BCUT2D eigenvalue weighted by molar-refractivity contribution is -0.402. The molecule has 4 heteroatoms. The molecule has 0 aliphatic carbocycles. The van der Waals surface area contributed by atoms with Crippen LogP contribution >= 0.6 is 0 Å². The average molecular weight is 226 g/mol. The predicted octanol–water partition coefficient (Wildman–Crippen LogP) is 3.24. The van der Waals surface area contributed by atoms with Gasteiger partial charge in [0.15, 0.2) is 0 Å². The fraction of sp³-hybridized carbons (Fsp3) is 0.667. The SMILES string of the molecule is CCCCCCCCN/C=C/C=C/[N+](=O)[O-]. The quantitative estimate of drug-likeness (QED) is 0.269. The van der Waals surface area contributed by atoms with Gasteiger partial charge in [0, 0.05) is 12.6 Å². The Morgan fingerprint density at radius 3 is 2.50 bits per heavy atom. The maximum atomic E-state index is 9.92. The van der Waals surface area contributed by atoms with Crippen LogP contribution in [0, 0.1) is 10.1 Å². The lowest BCUT2D eigenvalue weighted by atomic mass is 10.1. The highest BCUT2D eigenvalue weighted by Gasteiger charge is 1.88. The van der Waals surface area contributed by atoms with E-state index in [0.29, 0.717) is 0 Å². The third-order valence-electron chi connectivity index (χ3n) is 2.21. The summed E-state index contributed by atoms with van der Waals surface area (Å²) in [5, 5.41) is 13.0. The Morgan fingerprint density at radius 2 is 1.81 bits per heavy atom. The lowest BCUT2D eigenvalue weighted by Gasteiger charge is -2.00. The van der Waals surface area contributed by atoms with Crippen LogP contribution in [-0.2, 0) is 0 Å². The summed E-state index contributed by atoms with van der Waals surface area (Å²) in [6, 6.07) is 0. The zero-order valence-electron chi connectivity index (χ0n) is 10.0. The molecule has 0 aromatic rings. The minimum atomic E-state index is -0.474. The Morgan fingerprint density at radius 1 is 1.12 bits per heavy atom. The Bertz CT molecular complexity index is 225. The Labute approximate surface area is 97.6 Å². The third kappa shape index (κ3) is 12.7. The van der Waals surface area contributed by atoms with Crippen LogP contribution in [0.25, 0.3) is 0 Å². The first-order valence-electron chi connectivity index (χ1n) is 5.97. The number of allylic oxidation sites excluding steroid dienone is 2. The first-order valence-corrected chi connectivity index (χ1v) is 5.97. The molecule has 0 bridgehead atoms. The molecule has 0 aromatic heterocycles. The predicted molar refractivity (Wildman–Crippen MR) is 66.7 cm³/mol. The van der Waals surface area contributed by atoms with Crippen LogP contribution in [0.15, 0.2) is 24.6 Å². The Kier molecular flexibility index (Phi) is 10.8. The van der Waals surface area contributed by atoms with Gasteiger partial charge in [0.2, 0.25) is 6.20 Å². The first-order chi connectivity index (χ1) is 7.77. The van der Waals surface area contributed by atoms with Crippen molar-refractivity contribution in [1.29, 1.82) is 0 Å². The Balaban J connectivity index is 3.17. The summed E-state index contributed by atoms with van der Waals surface area (Å²) in [5.74, 6) is 0. The third-order valence-corrected chi connectivity index (χ3v) is 2.21. The van der Waals surface area contributed by atoms with Crippen molar-refractivity contribution in [2.24, 2.45) is 0 Å². The average Bonchev–Trinajstić information content (AvgIpc) is 2.25. The van der Waals surface area contributed by atoms with Gasteiger partial charge in [0.1, 0.15) is 0 Å². The molecule has 0 spiro atoms. The van der Waals surface area contributed by atoms with Crippen molar-refractivity contribution in [1.82, 2.24) is 5.32 Å². The number of hydrogen-bond acceptors (Lipinski definition) is 3. The van der Waals surface area contributed by atoms with E-state index in [4.69, 9.17) is 0 Å². The molecule has 92 valence electrons. The monoisotopic (exact) mass is 226 g/mol. The molecule has 0 saturated heterocycles. The molecule has 0 aliphatic rings. The van der Waals surface area contributed by atoms with E-state index in [0.717, 1.165) is 19.2 Å². The number of unbranched alkanes of at least 4 members (excludes halogenated alkanes) is 5. The molecule has 0 amide bonds. The molecule has 0 atom stereocenters. The van der Waals surface area contributed by atoms with Gasteiger partial charge in [0.05, 0.1) is 4.92 Å². The van der Waals surface area contributed by atoms with E-state index >= 15 is 0 Å². The molecule has 0 fully saturated rings. The number of nitrogens with one attached hydrogen (secondary N) is 1. The number of rotatable bonds is 10. The fourth-order valence-electron chi connectivity index (χ4n) is 1.33. The van der Waals surface area contributed by atoms with Crippen molar-refractivity contribution in [3.63, 3.8) is 0 Å². The normalized spacial score (nSPS) is 11.3. The Hall–Kier alpha value is -1.32. The highest BCUT2D eigenvalue weighted by atomic mass is 16.6. The molecule has 0 saturated carbocycles. The van der Waals surface area contributed by atoms with Gasteiger partial charge >= 0.3 is 0 Å². The van der Waals surface area contributed by atoms with Gasteiger partial charge in [0.25, 0.3) is 0 Å². The van der Waals surface area contributed by atoms with Crippen LogP contribution in [-0.4, -0.2) is 11.5 Å². The van der Waals surface area contributed by atoms with Gasteiger partial charge in [-0.15, -0.1) is 0 Å². The van der Waals surface area contributed by atoms with E-state index < -0.39 is 4.92 Å². The zero-order chi connectivity index (χ0) is 12.1. The van der Waals surface area contributed by atoms with Gasteiger partial charge in [-0.05, 0) is 18.7 Å². The van der Waals surface area contributed by atoms with Crippen LogP contribution < -0.4 is 5.32 Å². The standard InChI is InChI=1S/C12H22N2O2/c1-2-3-4-5-6-7-10-13-11-8-9-12-14(15)16/h8-9,11-13H,2-7,10H2,1H3/b11-8+,12-9+. The van der Waals surface area contributed by atoms with E-state index in [2.05, 4.69) is 12.2 Å². The molecule has 4 nitrogen and oxygen atoms in total. The van der Waals surface area contributed by atoms with Crippen molar-refractivity contribution in [2.45, 2.75) is 45.4 Å². The van der Waals surface area contributed by atoms with Crippen LogP contribution in [0.5, 0.6) is 0 Å². The number of nitrogens with zero attached hydrogens (tertiary/aromatic N) is 1. The van der Waals surface area contributed by atoms with Crippen LogP contribution in [0.1, 0.15) is 45.4 Å². The molecular formula is C12H22N2O2. The van der Waals surface area contributed by atoms with E-state index in [1.165, 1.54) is 38.2 Å². The molecule has 0 rings (SSSR count). The highest BCUT2D eigenvalue weighted by Crippen LogP contribution is 2.03. The highest BCUT2D eigenvalue weighted by molar-refractivity contribution is 4.97. The van der Waals surface area contributed by atoms with Gasteiger partial charge < -0.3 is 5.32 Å². The minimum Gasteiger partial charge on any atom is -0.391 e. The molecule has 0 heterocycles. The molecular weight excluding hydrogens is 204 g/mol. The number of nitro groups is 1. The van der Waals surface area contributed by atoms with Gasteiger partial charge in [-0.3, -0.25) is 10.1 Å². The smallest absolute Gasteiger partial charge is 0.234 e. The number of hydrogen-bond donors (Lipinski definition) is 1. The van der Waals surface area contributed by atoms with Crippen LogP contribution in [0.2, 0.25) is 0 Å². The molecule has 1 N–H and O–H groups in total. The summed E-state index contributed by atoms with van der Waals surface area (Å²) in [6.07, 6.45) is 13.4. The first kappa shape index (κ1) is 14.7. The van der Waals surface area contributed by atoms with Crippen molar-refractivity contribution in [2.75, 3.05) is 6.54 Å². The van der Waals surface area contributed by atoms with Gasteiger partial charge in [-0.1, -0.05) is 39.0 Å². The summed E-state index contributed by atoms with van der Waals surface area (Å²) < 4.78 is 0. The van der Waals surface area contributed by atoms with E-state index in [9.17, 15) is 10.1 Å². The second-order valence-electron chi connectivity index (χ2n) is 3.71. The van der Waals surface area contributed by atoms with Crippen molar-refractivity contribution in [3.8, 4) is 0 Å². The maximum absolute atomic E-state index is 9.92. The largest absolute Gasteiger partial charge is 0.391 e. The molecule has 0 aliphatic heterocycles. The summed E-state index contributed by atoms with van der Waals surface area (Å²) in [7, 11) is 0. The topological polar surface area (TPSA) is 55.2 Å². The van der Waals surface area contributed by atoms with Gasteiger partial charge in [-0.25, -0.2) is 0 Å². The fourth-order valence-corrected chi connectivity index (χ4v) is 1.33. The molecule has 0 aromatic carbocycles. The molecule has 0 radical (unpaired) electrons. The zero-order valence-corrected chi connectivity index (χ0v) is 10.0. The minimum absolute atomic E-state index is 0.474.